The first-order chi connectivity index (χ1) is 27.5. The second kappa shape index (κ2) is 39.8. The van der Waals surface area contributed by atoms with Crippen molar-refractivity contribution >= 4 is 48.4 Å². The van der Waals surface area contributed by atoms with E-state index in [1.165, 1.54) is 19.3 Å². The molecule has 57 heavy (non-hydrogen) atoms. The number of aliphatic carboxylic acids is 2. The molecule has 7 N–H and O–H groups in total. The van der Waals surface area contributed by atoms with Gasteiger partial charge in [-0.25, -0.2) is 4.79 Å². The first kappa shape index (κ1) is 54.0. The Kier molecular flexibility index (Phi) is 37.7. The lowest BCUT2D eigenvalue weighted by molar-refractivity contribution is -0.142. The van der Waals surface area contributed by atoms with Crippen LogP contribution in [0.5, 0.6) is 0 Å². The Bertz CT molecular complexity index is 1070. The van der Waals surface area contributed by atoms with Gasteiger partial charge < -0.3 is 50.4 Å². The second-order valence-corrected chi connectivity index (χ2v) is 14.3. The number of carboxylic acid groups (broad SMARTS) is 2. The highest BCUT2D eigenvalue weighted by Crippen LogP contribution is 2.13. The summed E-state index contributed by atoms with van der Waals surface area (Å²) in [4.78, 5) is 70.2. The molecule has 2 atom stereocenters. The standard InChI is InChI=1S/C39H73N5O12S/c1-32(44-57)16-14-15-21-40-36(47)30-55-28-27-54-25-23-42-37(48)31-56-29-26-53-24-22-41-34(45)20-19-33(39(51)52)43-35(46)17-12-10-8-6-4-2-3-5-7-9-11-13-18-38(49)50/h32-33,44,57H,2-31H2,1H3,(H,40,47)(H,41,45)(H,42,48)(H,43,46)(H,49,50)(H,51,52)/t32-,33+/m1/s1. The minimum Gasteiger partial charge on any atom is -0.481 e. The monoisotopic (exact) mass is 835 g/mol. The molecule has 0 rings (SSSR count). The number of hydrogen-bond acceptors (Lipinski definition) is 12. The Hall–Kier alpha value is -3.03. The van der Waals surface area contributed by atoms with Gasteiger partial charge in [0.2, 0.25) is 23.6 Å². The van der Waals surface area contributed by atoms with E-state index in [0.29, 0.717) is 32.2 Å². The first-order valence-electron chi connectivity index (χ1n) is 20.8. The van der Waals surface area contributed by atoms with Crippen molar-refractivity contribution in [2.75, 3.05) is 72.5 Å². The quantitative estimate of drug-likeness (QED) is 0.0326. The number of amides is 4. The van der Waals surface area contributed by atoms with E-state index in [0.717, 1.165) is 70.6 Å². The summed E-state index contributed by atoms with van der Waals surface area (Å²) in [5, 5.41) is 28.8. The van der Waals surface area contributed by atoms with E-state index in [-0.39, 0.29) is 102 Å². The van der Waals surface area contributed by atoms with Crippen LogP contribution in [0.15, 0.2) is 0 Å². The summed E-state index contributed by atoms with van der Waals surface area (Å²) in [6, 6.07) is -0.806. The Morgan fingerprint density at radius 3 is 1.44 bits per heavy atom. The summed E-state index contributed by atoms with van der Waals surface area (Å²) in [6.07, 6.45) is 15.6. The minimum atomic E-state index is -1.18. The van der Waals surface area contributed by atoms with E-state index in [4.69, 9.17) is 24.1 Å². The predicted octanol–water partition coefficient (Wildman–Crippen LogP) is 3.29. The van der Waals surface area contributed by atoms with E-state index in [9.17, 15) is 33.9 Å². The van der Waals surface area contributed by atoms with Gasteiger partial charge in [0, 0.05) is 44.9 Å². The zero-order valence-corrected chi connectivity index (χ0v) is 35.2. The molecule has 0 aliphatic heterocycles. The number of thiol groups is 1. The molecule has 0 unspecified atom stereocenters. The summed E-state index contributed by atoms with van der Waals surface area (Å²) in [5.41, 5.74) is 0. The van der Waals surface area contributed by atoms with Crippen LogP contribution >= 0.6 is 12.8 Å². The molecule has 0 heterocycles. The van der Waals surface area contributed by atoms with Crippen LogP contribution in [0.4, 0.5) is 0 Å². The van der Waals surface area contributed by atoms with E-state index in [1.807, 2.05) is 6.92 Å². The lowest BCUT2D eigenvalue weighted by atomic mass is 10.0. The third-order valence-electron chi connectivity index (χ3n) is 8.79. The molecule has 0 aromatic rings. The molecule has 0 aliphatic carbocycles. The highest BCUT2D eigenvalue weighted by Gasteiger charge is 2.20. The first-order valence-corrected chi connectivity index (χ1v) is 21.2. The van der Waals surface area contributed by atoms with Gasteiger partial charge in [0.05, 0.1) is 39.6 Å². The smallest absolute Gasteiger partial charge is 0.326 e. The van der Waals surface area contributed by atoms with Crippen LogP contribution in [0.25, 0.3) is 0 Å². The van der Waals surface area contributed by atoms with Gasteiger partial charge in [0.25, 0.3) is 0 Å². The lowest BCUT2D eigenvalue weighted by Crippen LogP contribution is -2.41. The molecule has 0 saturated heterocycles. The van der Waals surface area contributed by atoms with Gasteiger partial charge in [-0.1, -0.05) is 83.4 Å². The van der Waals surface area contributed by atoms with Crippen LogP contribution in [0.2, 0.25) is 0 Å². The van der Waals surface area contributed by atoms with Gasteiger partial charge in [0.15, 0.2) is 0 Å². The summed E-state index contributed by atoms with van der Waals surface area (Å²) in [6.45, 7) is 4.42. The van der Waals surface area contributed by atoms with Crippen LogP contribution in [0.1, 0.15) is 129 Å². The second-order valence-electron chi connectivity index (χ2n) is 14.0. The van der Waals surface area contributed by atoms with Gasteiger partial charge in [-0.3, -0.25) is 28.7 Å². The van der Waals surface area contributed by atoms with E-state index in [1.54, 1.807) is 0 Å². The van der Waals surface area contributed by atoms with Crippen LogP contribution in [-0.4, -0.2) is 130 Å². The summed E-state index contributed by atoms with van der Waals surface area (Å²) in [7, 11) is 0. The molecule has 0 aromatic carbocycles. The minimum absolute atomic E-state index is 0.0249. The van der Waals surface area contributed by atoms with Crippen molar-refractivity contribution in [3.8, 4) is 0 Å². The topological polar surface area (TPSA) is 240 Å². The molecule has 0 fully saturated rings. The molecule has 18 heteroatoms. The van der Waals surface area contributed by atoms with Crippen LogP contribution in [0, 0.1) is 0 Å². The van der Waals surface area contributed by atoms with Crippen molar-refractivity contribution in [3.63, 3.8) is 0 Å². The Labute approximate surface area is 345 Å². The predicted molar refractivity (Wildman–Crippen MR) is 219 cm³/mol. The van der Waals surface area contributed by atoms with Crippen LogP contribution in [-0.2, 0) is 47.7 Å². The molecule has 0 saturated carbocycles. The fourth-order valence-corrected chi connectivity index (χ4v) is 5.61. The molecular formula is C39H73N5O12S. The number of ether oxygens (including phenoxy) is 4. The zero-order valence-electron chi connectivity index (χ0n) is 34.3. The zero-order chi connectivity index (χ0) is 42.2. The van der Waals surface area contributed by atoms with Crippen molar-refractivity contribution in [2.24, 2.45) is 0 Å². The van der Waals surface area contributed by atoms with E-state index >= 15 is 0 Å². The molecular weight excluding hydrogens is 763 g/mol. The van der Waals surface area contributed by atoms with Crippen molar-refractivity contribution in [3.05, 3.63) is 0 Å². The molecule has 0 aliphatic rings. The SMILES string of the molecule is C[C@H](CCCCNC(=O)COCCOCCNC(=O)COCCOCCNC(=O)CC[C@H](NC(=O)CCCCCCCCCCCCCCC(=O)O)C(=O)O)NS. The Morgan fingerprint density at radius 1 is 0.491 bits per heavy atom. The number of rotatable bonds is 42. The highest BCUT2D eigenvalue weighted by molar-refractivity contribution is 7.78. The molecule has 332 valence electrons. The molecule has 17 nitrogen and oxygen atoms in total. The van der Waals surface area contributed by atoms with Gasteiger partial charge >= 0.3 is 11.9 Å². The van der Waals surface area contributed by atoms with Crippen molar-refractivity contribution in [1.29, 1.82) is 0 Å². The highest BCUT2D eigenvalue weighted by atomic mass is 32.1. The fourth-order valence-electron chi connectivity index (χ4n) is 5.48. The maximum atomic E-state index is 12.3. The Morgan fingerprint density at radius 2 is 0.947 bits per heavy atom. The number of carboxylic acids is 2. The summed E-state index contributed by atoms with van der Waals surface area (Å²) >= 11 is 4.02. The van der Waals surface area contributed by atoms with E-state index in [2.05, 4.69) is 38.8 Å². The molecule has 4 amide bonds. The third-order valence-corrected chi connectivity index (χ3v) is 9.23. The number of unbranched alkanes of at least 4 members (excludes halogenated alkanes) is 12. The molecule has 0 radical (unpaired) electrons. The maximum absolute atomic E-state index is 12.3. The average molecular weight is 836 g/mol. The summed E-state index contributed by atoms with van der Waals surface area (Å²) in [5.74, 6) is -3.07. The summed E-state index contributed by atoms with van der Waals surface area (Å²) < 4.78 is 24.2. The van der Waals surface area contributed by atoms with Crippen molar-refractivity contribution in [1.82, 2.24) is 26.0 Å². The maximum Gasteiger partial charge on any atom is 0.326 e. The fraction of sp³-hybridized carbons (Fsp3) is 0.846. The van der Waals surface area contributed by atoms with Gasteiger partial charge in [-0.15, -0.1) is 0 Å². The number of carbonyl (C=O) groups is 6. The van der Waals surface area contributed by atoms with Crippen LogP contribution < -0.4 is 26.0 Å². The van der Waals surface area contributed by atoms with Crippen molar-refractivity contribution < 1.29 is 57.9 Å². The van der Waals surface area contributed by atoms with Crippen molar-refractivity contribution in [2.45, 2.75) is 141 Å². The normalized spacial score (nSPS) is 12.1. The van der Waals surface area contributed by atoms with E-state index < -0.39 is 18.0 Å². The van der Waals surface area contributed by atoms with Gasteiger partial charge in [-0.05, 0) is 39.0 Å². The number of hydrogen-bond donors (Lipinski definition) is 8. The van der Waals surface area contributed by atoms with Gasteiger partial charge in [0.1, 0.15) is 19.3 Å². The molecule has 0 aromatic heterocycles. The van der Waals surface area contributed by atoms with Gasteiger partial charge in [-0.2, -0.15) is 0 Å². The Balaban J connectivity index is 3.65. The lowest BCUT2D eigenvalue weighted by Gasteiger charge is -2.14. The average Bonchev–Trinajstić information content (AvgIpc) is 3.17. The largest absolute Gasteiger partial charge is 0.481 e. The number of nitrogens with one attached hydrogen (secondary N) is 5. The molecule has 0 bridgehead atoms. The number of carbonyl (C=O) groups excluding carboxylic acids is 4. The van der Waals surface area contributed by atoms with Crippen LogP contribution in [0.3, 0.4) is 0 Å². The third kappa shape index (κ3) is 39.6. The molecule has 0 spiro atoms.